The first-order chi connectivity index (χ1) is 11.7. The van der Waals surface area contributed by atoms with Gasteiger partial charge in [0.15, 0.2) is 0 Å². The number of aromatic nitrogens is 1. The third kappa shape index (κ3) is 4.07. The fraction of sp³-hybridized carbons (Fsp3) is 0.222. The van der Waals surface area contributed by atoms with Crippen molar-refractivity contribution >= 4 is 41.2 Å². The van der Waals surface area contributed by atoms with Gasteiger partial charge in [-0.3, -0.25) is 4.79 Å². The monoisotopic (exact) mass is 358 g/mol. The van der Waals surface area contributed by atoms with E-state index in [1.54, 1.807) is 41.2 Å². The van der Waals surface area contributed by atoms with Gasteiger partial charge >= 0.3 is 0 Å². The highest BCUT2D eigenvalue weighted by molar-refractivity contribution is 8.03. The number of ether oxygens (including phenoxy) is 1. The zero-order valence-corrected chi connectivity index (χ0v) is 15.2. The van der Waals surface area contributed by atoms with Crippen molar-refractivity contribution in [1.82, 2.24) is 9.88 Å². The number of methoxy groups -OCH3 is 1. The third-order valence-electron chi connectivity index (χ3n) is 3.54. The number of thioether (sulfide) groups is 1. The summed E-state index contributed by atoms with van der Waals surface area (Å²) in [4.78, 5) is 18.7. The number of carbonyl (C=O) groups excluding carboxylic acids is 1. The topological polar surface area (TPSA) is 42.4 Å². The summed E-state index contributed by atoms with van der Waals surface area (Å²) >= 11 is 3.31. The Morgan fingerprint density at radius 2 is 2.12 bits per heavy atom. The Morgan fingerprint density at radius 1 is 1.33 bits per heavy atom. The van der Waals surface area contributed by atoms with Crippen LogP contribution in [0.15, 0.2) is 40.8 Å². The number of hydrogen-bond donors (Lipinski definition) is 0. The molecular formula is C18H18N2O2S2. The summed E-state index contributed by atoms with van der Waals surface area (Å²) in [6.45, 7) is 2.71. The van der Waals surface area contributed by atoms with Crippen LogP contribution in [0.4, 0.5) is 0 Å². The summed E-state index contributed by atoms with van der Waals surface area (Å²) in [5.74, 6) is 1.71. The number of benzene rings is 1. The van der Waals surface area contributed by atoms with E-state index in [-0.39, 0.29) is 5.91 Å². The minimum absolute atomic E-state index is 0.00554. The number of nitrogens with zero attached hydrogens (tertiary/aromatic N) is 2. The van der Waals surface area contributed by atoms with Gasteiger partial charge in [-0.05, 0) is 36.8 Å². The van der Waals surface area contributed by atoms with E-state index >= 15 is 0 Å². The first-order valence-corrected chi connectivity index (χ1v) is 9.42. The average molecular weight is 358 g/mol. The molecule has 1 aromatic carbocycles. The molecule has 1 saturated heterocycles. The number of amides is 1. The van der Waals surface area contributed by atoms with E-state index in [1.165, 1.54) is 0 Å². The third-order valence-corrected chi connectivity index (χ3v) is 5.35. The Balaban J connectivity index is 1.71. The van der Waals surface area contributed by atoms with E-state index in [0.29, 0.717) is 0 Å². The van der Waals surface area contributed by atoms with Gasteiger partial charge in [0, 0.05) is 23.8 Å². The Bertz CT molecular complexity index is 779. The van der Waals surface area contributed by atoms with Crippen molar-refractivity contribution in [3.63, 3.8) is 0 Å². The summed E-state index contributed by atoms with van der Waals surface area (Å²) in [6.07, 6.45) is 5.43. The predicted molar refractivity (Wildman–Crippen MR) is 101 cm³/mol. The second-order valence-electron chi connectivity index (χ2n) is 5.22. The van der Waals surface area contributed by atoms with Crippen LogP contribution in [-0.2, 0) is 4.79 Å². The molecule has 0 aliphatic carbocycles. The molecular weight excluding hydrogens is 340 g/mol. The van der Waals surface area contributed by atoms with Crippen molar-refractivity contribution < 1.29 is 9.53 Å². The molecule has 1 aliphatic rings. The van der Waals surface area contributed by atoms with E-state index < -0.39 is 0 Å². The average Bonchev–Trinajstić information content (AvgIpc) is 3.22. The summed E-state index contributed by atoms with van der Waals surface area (Å²) in [7, 11) is 1.64. The van der Waals surface area contributed by atoms with Gasteiger partial charge in [0.1, 0.15) is 5.75 Å². The maximum Gasteiger partial charge on any atom is 0.251 e. The van der Waals surface area contributed by atoms with Crippen LogP contribution in [0.25, 0.3) is 12.2 Å². The van der Waals surface area contributed by atoms with Crippen molar-refractivity contribution in [1.29, 1.82) is 0 Å². The van der Waals surface area contributed by atoms with Crippen LogP contribution in [-0.4, -0.2) is 35.2 Å². The van der Waals surface area contributed by atoms with Crippen molar-refractivity contribution in [3.8, 4) is 5.75 Å². The molecule has 0 atom stereocenters. The Labute approximate surface area is 149 Å². The summed E-state index contributed by atoms with van der Waals surface area (Å²) in [5, 5.41) is 4.00. The van der Waals surface area contributed by atoms with Crippen molar-refractivity contribution in [2.24, 2.45) is 0 Å². The van der Waals surface area contributed by atoms with E-state index in [4.69, 9.17) is 4.74 Å². The normalized spacial score (nSPS) is 16.2. The van der Waals surface area contributed by atoms with Gasteiger partial charge < -0.3 is 9.64 Å². The SMILES string of the molecule is COc1ccc(/C=C/C(=O)N2CCS/C2=C/c2csc(C)n2)cc1. The number of aryl methyl sites for hydroxylation is 1. The molecule has 2 heterocycles. The van der Waals surface area contributed by atoms with Gasteiger partial charge in [-0.2, -0.15) is 0 Å². The second-order valence-corrected chi connectivity index (χ2v) is 7.40. The van der Waals surface area contributed by atoms with Crippen LogP contribution in [0.1, 0.15) is 16.3 Å². The number of thiazole rings is 1. The maximum atomic E-state index is 12.5. The van der Waals surface area contributed by atoms with Crippen molar-refractivity contribution in [2.75, 3.05) is 19.4 Å². The molecule has 4 nitrogen and oxygen atoms in total. The lowest BCUT2D eigenvalue weighted by molar-refractivity contribution is -0.123. The zero-order valence-electron chi connectivity index (χ0n) is 13.6. The molecule has 1 aliphatic heterocycles. The van der Waals surface area contributed by atoms with Crippen LogP contribution in [0.3, 0.4) is 0 Å². The van der Waals surface area contributed by atoms with Gasteiger partial charge in [0.2, 0.25) is 0 Å². The van der Waals surface area contributed by atoms with Crippen LogP contribution in [0, 0.1) is 6.92 Å². The zero-order chi connectivity index (χ0) is 16.9. The highest BCUT2D eigenvalue weighted by Crippen LogP contribution is 2.30. The van der Waals surface area contributed by atoms with Gasteiger partial charge in [-0.15, -0.1) is 23.1 Å². The molecule has 1 amide bonds. The van der Waals surface area contributed by atoms with Crippen molar-refractivity contribution in [2.45, 2.75) is 6.92 Å². The summed E-state index contributed by atoms with van der Waals surface area (Å²) in [5.41, 5.74) is 1.88. The summed E-state index contributed by atoms with van der Waals surface area (Å²) < 4.78 is 5.13. The van der Waals surface area contributed by atoms with Crippen LogP contribution in [0.2, 0.25) is 0 Å². The van der Waals surface area contributed by atoms with Gasteiger partial charge in [-0.1, -0.05) is 12.1 Å². The van der Waals surface area contributed by atoms with E-state index in [2.05, 4.69) is 4.98 Å². The number of hydrogen-bond acceptors (Lipinski definition) is 5. The molecule has 1 fully saturated rings. The van der Waals surface area contributed by atoms with Gasteiger partial charge in [0.05, 0.1) is 22.8 Å². The number of rotatable bonds is 4. The first-order valence-electron chi connectivity index (χ1n) is 7.56. The highest BCUT2D eigenvalue weighted by Gasteiger charge is 2.22. The van der Waals surface area contributed by atoms with Crippen LogP contribution in [0.5, 0.6) is 5.75 Å². The molecule has 2 aromatic rings. The first kappa shape index (κ1) is 16.8. The maximum absolute atomic E-state index is 12.5. The molecule has 0 unspecified atom stereocenters. The molecule has 0 N–H and O–H groups in total. The number of carbonyl (C=O) groups is 1. The minimum Gasteiger partial charge on any atom is -0.497 e. The van der Waals surface area contributed by atoms with E-state index in [0.717, 1.165) is 39.3 Å². The summed E-state index contributed by atoms with van der Waals surface area (Å²) in [6, 6.07) is 7.61. The molecule has 6 heteroatoms. The molecule has 3 rings (SSSR count). The predicted octanol–water partition coefficient (Wildman–Crippen LogP) is 4.05. The van der Waals surface area contributed by atoms with E-state index in [1.807, 2.05) is 48.7 Å². The smallest absolute Gasteiger partial charge is 0.251 e. The fourth-order valence-electron chi connectivity index (χ4n) is 2.31. The Kier molecular flexibility index (Phi) is 5.37. The fourth-order valence-corrected chi connectivity index (χ4v) is 3.91. The molecule has 1 aromatic heterocycles. The van der Waals surface area contributed by atoms with Crippen molar-refractivity contribution in [3.05, 3.63) is 57.0 Å². The molecule has 0 saturated carbocycles. The lowest BCUT2D eigenvalue weighted by atomic mass is 10.2. The standard InChI is InChI=1S/C18H18N2O2S2/c1-13-19-15(12-24-13)11-18-20(9-10-23-18)17(21)8-5-14-3-6-16(22-2)7-4-14/h3-8,11-12H,9-10H2,1-2H3/b8-5+,18-11+. The largest absolute Gasteiger partial charge is 0.497 e. The Hall–Kier alpha value is -2.05. The molecule has 24 heavy (non-hydrogen) atoms. The van der Waals surface area contributed by atoms with Crippen LogP contribution >= 0.6 is 23.1 Å². The van der Waals surface area contributed by atoms with Crippen LogP contribution < -0.4 is 4.74 Å². The van der Waals surface area contributed by atoms with Gasteiger partial charge in [0.25, 0.3) is 5.91 Å². The molecule has 124 valence electrons. The second kappa shape index (κ2) is 7.68. The Morgan fingerprint density at radius 3 is 2.79 bits per heavy atom. The minimum atomic E-state index is -0.00554. The van der Waals surface area contributed by atoms with E-state index in [9.17, 15) is 4.79 Å². The lowest BCUT2D eigenvalue weighted by Crippen LogP contribution is -2.24. The highest BCUT2D eigenvalue weighted by atomic mass is 32.2. The quantitative estimate of drug-likeness (QED) is 0.774. The molecule has 0 radical (unpaired) electrons. The molecule has 0 bridgehead atoms. The molecule has 0 spiro atoms. The lowest BCUT2D eigenvalue weighted by Gasteiger charge is -2.14. The van der Waals surface area contributed by atoms with Gasteiger partial charge in [-0.25, -0.2) is 4.98 Å².